The summed E-state index contributed by atoms with van der Waals surface area (Å²) in [6.45, 7) is 5.27. The Morgan fingerprint density at radius 3 is 2.68 bits per heavy atom. The molecule has 0 N–H and O–H groups in total. The third kappa shape index (κ3) is 2.91. The highest BCUT2D eigenvalue weighted by atomic mass is 16.5. The maximum Gasteiger partial charge on any atom is 0.213 e. The van der Waals surface area contributed by atoms with Crippen LogP contribution in [0.25, 0.3) is 0 Å². The van der Waals surface area contributed by atoms with Crippen LogP contribution in [0.5, 0.6) is 0 Å². The van der Waals surface area contributed by atoms with E-state index in [1.165, 1.54) is 25.7 Å². The first-order valence-corrected chi connectivity index (χ1v) is 8.17. The molecule has 0 amide bonds. The number of fused-ring (bicyclic) bond motifs is 1. The Balaban J connectivity index is 1.32. The number of hydrogen-bond acceptors (Lipinski definition) is 5. The van der Waals surface area contributed by atoms with Crippen LogP contribution < -0.4 is 0 Å². The summed E-state index contributed by atoms with van der Waals surface area (Å²) in [5, 5.41) is 3.90. The Kier molecular flexibility index (Phi) is 3.91. The van der Waals surface area contributed by atoms with Crippen molar-refractivity contribution in [2.75, 3.05) is 26.2 Å². The molecule has 1 aromatic carbocycles. The molecule has 1 aromatic heterocycles. The Morgan fingerprint density at radius 2 is 1.91 bits per heavy atom. The van der Waals surface area contributed by atoms with Crippen molar-refractivity contribution in [3.8, 4) is 0 Å². The number of nitrogens with zero attached hydrogens (tertiary/aromatic N) is 4. The van der Waals surface area contributed by atoms with Crippen molar-refractivity contribution in [3.63, 3.8) is 0 Å². The van der Waals surface area contributed by atoms with Crippen LogP contribution in [-0.2, 0) is 19.4 Å². The van der Waals surface area contributed by atoms with E-state index < -0.39 is 0 Å². The lowest BCUT2D eigenvalue weighted by molar-refractivity contribution is 0.0838. The molecule has 0 unspecified atom stereocenters. The molecule has 116 valence electrons. The smallest absolute Gasteiger partial charge is 0.213 e. The van der Waals surface area contributed by atoms with Crippen molar-refractivity contribution >= 4 is 0 Å². The minimum absolute atomic E-state index is 0.710. The van der Waals surface area contributed by atoms with Gasteiger partial charge in [-0.1, -0.05) is 29.4 Å². The van der Waals surface area contributed by atoms with Gasteiger partial charge in [0.25, 0.3) is 0 Å². The molecule has 1 fully saturated rings. The lowest BCUT2D eigenvalue weighted by Crippen LogP contribution is -2.51. The molecule has 1 aliphatic carbocycles. The SMILES string of the molecule is c1ccc2c(c1)CC[C@@H](N1CCN(Cc3ncon3)CC1)C2. The monoisotopic (exact) mass is 298 g/mol. The van der Waals surface area contributed by atoms with E-state index in [2.05, 4.69) is 44.2 Å². The fraction of sp³-hybridized carbons (Fsp3) is 0.529. The number of benzene rings is 1. The third-order valence-corrected chi connectivity index (χ3v) is 5.02. The zero-order chi connectivity index (χ0) is 14.8. The fourth-order valence-corrected chi connectivity index (χ4v) is 3.74. The molecule has 1 saturated heterocycles. The number of hydrogen-bond donors (Lipinski definition) is 0. The van der Waals surface area contributed by atoms with Gasteiger partial charge in [0.2, 0.25) is 6.39 Å². The molecule has 0 bridgehead atoms. The second-order valence-electron chi connectivity index (χ2n) is 6.32. The van der Waals surface area contributed by atoms with E-state index in [1.807, 2.05) is 0 Å². The molecule has 2 aromatic rings. The van der Waals surface area contributed by atoms with Crippen LogP contribution in [0.2, 0.25) is 0 Å². The highest BCUT2D eigenvalue weighted by Crippen LogP contribution is 2.25. The molecular formula is C17H22N4O. The fourth-order valence-electron chi connectivity index (χ4n) is 3.74. The van der Waals surface area contributed by atoms with Crippen molar-refractivity contribution in [2.24, 2.45) is 0 Å². The van der Waals surface area contributed by atoms with Gasteiger partial charge in [-0.2, -0.15) is 4.98 Å². The van der Waals surface area contributed by atoms with Gasteiger partial charge < -0.3 is 4.52 Å². The summed E-state index contributed by atoms with van der Waals surface area (Å²) < 4.78 is 4.81. The summed E-state index contributed by atoms with van der Waals surface area (Å²) >= 11 is 0. The second kappa shape index (κ2) is 6.18. The van der Waals surface area contributed by atoms with E-state index in [-0.39, 0.29) is 0 Å². The second-order valence-corrected chi connectivity index (χ2v) is 6.32. The Hall–Kier alpha value is -1.72. The summed E-state index contributed by atoms with van der Waals surface area (Å²) in [6.07, 6.45) is 5.14. The highest BCUT2D eigenvalue weighted by Gasteiger charge is 2.27. The van der Waals surface area contributed by atoms with E-state index in [4.69, 9.17) is 4.52 Å². The van der Waals surface area contributed by atoms with Crippen LogP contribution in [0.15, 0.2) is 35.2 Å². The topological polar surface area (TPSA) is 45.4 Å². The van der Waals surface area contributed by atoms with E-state index in [0.717, 1.165) is 38.5 Å². The van der Waals surface area contributed by atoms with Crippen LogP contribution >= 0.6 is 0 Å². The summed E-state index contributed by atoms with van der Waals surface area (Å²) in [6, 6.07) is 9.63. The molecule has 22 heavy (non-hydrogen) atoms. The molecule has 2 heterocycles. The van der Waals surface area contributed by atoms with Gasteiger partial charge in [0.15, 0.2) is 5.82 Å². The van der Waals surface area contributed by atoms with Gasteiger partial charge in [0.1, 0.15) is 0 Å². The van der Waals surface area contributed by atoms with E-state index in [1.54, 1.807) is 11.1 Å². The van der Waals surface area contributed by atoms with Crippen molar-refractivity contribution in [2.45, 2.75) is 31.8 Å². The number of aromatic nitrogens is 2. The summed E-state index contributed by atoms with van der Waals surface area (Å²) in [7, 11) is 0. The lowest BCUT2D eigenvalue weighted by atomic mass is 9.87. The van der Waals surface area contributed by atoms with E-state index in [9.17, 15) is 0 Å². The van der Waals surface area contributed by atoms with E-state index in [0.29, 0.717) is 6.04 Å². The quantitative estimate of drug-likeness (QED) is 0.864. The molecular weight excluding hydrogens is 276 g/mol. The zero-order valence-electron chi connectivity index (χ0n) is 12.8. The summed E-state index contributed by atoms with van der Waals surface area (Å²) in [5.41, 5.74) is 3.10. The van der Waals surface area contributed by atoms with Gasteiger partial charge >= 0.3 is 0 Å². The minimum atomic E-state index is 0.710. The number of rotatable bonds is 3. The summed E-state index contributed by atoms with van der Waals surface area (Å²) in [5.74, 6) is 0.792. The van der Waals surface area contributed by atoms with Crippen molar-refractivity contribution in [1.29, 1.82) is 0 Å². The number of piperazine rings is 1. The highest BCUT2D eigenvalue weighted by molar-refractivity contribution is 5.30. The van der Waals surface area contributed by atoms with Gasteiger partial charge in [-0.05, 0) is 30.4 Å². The standard InChI is InChI=1S/C17H22N4O/c1-2-4-15-11-16(6-5-14(15)3-1)21-9-7-20(8-10-21)12-17-18-13-22-19-17/h1-4,13,16H,5-12H2/t16-/m1/s1. The molecule has 0 radical (unpaired) electrons. The molecule has 0 spiro atoms. The molecule has 1 aliphatic heterocycles. The van der Waals surface area contributed by atoms with Crippen LogP contribution in [0.4, 0.5) is 0 Å². The Morgan fingerprint density at radius 1 is 1.09 bits per heavy atom. The maximum atomic E-state index is 4.81. The first kappa shape index (κ1) is 13.9. The first-order chi connectivity index (χ1) is 10.9. The lowest BCUT2D eigenvalue weighted by Gasteiger charge is -2.40. The van der Waals surface area contributed by atoms with Gasteiger partial charge in [-0.3, -0.25) is 9.80 Å². The van der Waals surface area contributed by atoms with Gasteiger partial charge in [0.05, 0.1) is 6.54 Å². The molecule has 4 rings (SSSR count). The zero-order valence-corrected chi connectivity index (χ0v) is 12.8. The molecule has 1 atom stereocenters. The summed E-state index contributed by atoms with van der Waals surface area (Å²) in [4.78, 5) is 9.20. The Bertz CT molecular complexity index is 605. The molecule has 0 saturated carbocycles. The minimum Gasteiger partial charge on any atom is -0.343 e. The van der Waals surface area contributed by atoms with Gasteiger partial charge in [0, 0.05) is 32.2 Å². The first-order valence-electron chi connectivity index (χ1n) is 8.17. The predicted molar refractivity (Wildman–Crippen MR) is 83.4 cm³/mol. The maximum absolute atomic E-state index is 4.81. The van der Waals surface area contributed by atoms with Crippen LogP contribution in [-0.4, -0.2) is 52.2 Å². The molecule has 5 heteroatoms. The number of aryl methyl sites for hydroxylation is 1. The van der Waals surface area contributed by atoms with E-state index >= 15 is 0 Å². The third-order valence-electron chi connectivity index (χ3n) is 5.02. The molecule has 2 aliphatic rings. The predicted octanol–water partition coefficient (Wildman–Crippen LogP) is 1.74. The van der Waals surface area contributed by atoms with Crippen molar-refractivity contribution in [3.05, 3.63) is 47.6 Å². The average molecular weight is 298 g/mol. The van der Waals surface area contributed by atoms with Gasteiger partial charge in [-0.15, -0.1) is 0 Å². The Labute approximate surface area is 130 Å². The average Bonchev–Trinajstić information content (AvgIpc) is 3.08. The molecule has 5 nitrogen and oxygen atoms in total. The normalized spacial score (nSPS) is 23.4. The largest absolute Gasteiger partial charge is 0.343 e. The van der Waals surface area contributed by atoms with Crippen LogP contribution in [0, 0.1) is 0 Å². The van der Waals surface area contributed by atoms with Crippen LogP contribution in [0.1, 0.15) is 23.4 Å². The van der Waals surface area contributed by atoms with Gasteiger partial charge in [-0.25, -0.2) is 0 Å². The van der Waals surface area contributed by atoms with Crippen LogP contribution in [0.3, 0.4) is 0 Å². The van der Waals surface area contributed by atoms with Crippen molar-refractivity contribution < 1.29 is 4.52 Å². The van der Waals surface area contributed by atoms with Crippen molar-refractivity contribution in [1.82, 2.24) is 19.9 Å².